The van der Waals surface area contributed by atoms with Gasteiger partial charge in [0.15, 0.2) is 0 Å². The van der Waals surface area contributed by atoms with Crippen LogP contribution in [0.25, 0.3) is 0 Å². The normalized spacial score (nSPS) is 16.2. The van der Waals surface area contributed by atoms with E-state index in [1.165, 1.54) is 0 Å². The van der Waals surface area contributed by atoms with Crippen LogP contribution in [0.3, 0.4) is 0 Å². The van der Waals surface area contributed by atoms with Gasteiger partial charge in [-0.2, -0.15) is 37.9 Å². The zero-order valence-electron chi connectivity index (χ0n) is 19.6. The van der Waals surface area contributed by atoms with Crippen LogP contribution in [0.4, 0.5) is 0 Å². The van der Waals surface area contributed by atoms with Gasteiger partial charge in [-0.15, -0.1) is 0 Å². The molecule has 0 bridgehead atoms. The number of hydrogen-bond acceptors (Lipinski definition) is 6. The van der Waals surface area contributed by atoms with Crippen molar-refractivity contribution >= 4 is 49.8 Å². The highest BCUT2D eigenvalue weighted by Gasteiger charge is 2.25. The summed E-state index contributed by atoms with van der Waals surface area (Å²) in [6.07, 6.45) is 5.74. The summed E-state index contributed by atoms with van der Waals surface area (Å²) in [7, 11) is 0. The number of rotatable bonds is 16. The Hall–Kier alpha value is 1.32. The minimum absolute atomic E-state index is 0.434. The van der Waals surface area contributed by atoms with E-state index in [-0.39, 0.29) is 0 Å². The van der Waals surface area contributed by atoms with Gasteiger partial charge in [-0.3, -0.25) is 4.90 Å². The van der Waals surface area contributed by atoms with Crippen LogP contribution in [0.1, 0.15) is 87.5 Å². The zero-order chi connectivity index (χ0) is 21.9. The Bertz CT molecular complexity index is 362. The lowest BCUT2D eigenvalue weighted by Crippen LogP contribution is -2.39. The van der Waals surface area contributed by atoms with Gasteiger partial charge in [0.2, 0.25) is 0 Å². The molecule has 0 amide bonds. The Morgan fingerprint density at radius 3 is 1.57 bits per heavy atom. The molecule has 0 fully saturated rings. The fourth-order valence-corrected chi connectivity index (χ4v) is 6.52. The second-order valence-corrected chi connectivity index (χ2v) is 12.3. The molecule has 0 aromatic heterocycles. The highest BCUT2D eigenvalue weighted by atomic mass is 32.2. The molecule has 0 aromatic carbocycles. The van der Waals surface area contributed by atoms with Gasteiger partial charge in [0.05, 0.1) is 0 Å². The van der Waals surface area contributed by atoms with Crippen LogP contribution in [-0.2, 0) is 0 Å². The third-order valence-corrected chi connectivity index (χ3v) is 8.13. The molecule has 0 aliphatic heterocycles. The van der Waals surface area contributed by atoms with Gasteiger partial charge in [0, 0.05) is 39.9 Å². The molecule has 6 heteroatoms. The van der Waals surface area contributed by atoms with Crippen LogP contribution < -0.4 is 0 Å². The van der Waals surface area contributed by atoms with Crippen molar-refractivity contribution < 1.29 is 0 Å². The molecule has 0 heterocycles. The van der Waals surface area contributed by atoms with Crippen molar-refractivity contribution in [2.24, 2.45) is 0 Å². The lowest BCUT2D eigenvalue weighted by atomic mass is 10.1. The van der Waals surface area contributed by atoms with Gasteiger partial charge in [0.25, 0.3) is 0 Å². The van der Waals surface area contributed by atoms with Crippen LogP contribution in [0.5, 0.6) is 0 Å². The maximum absolute atomic E-state index is 5.00. The summed E-state index contributed by atoms with van der Waals surface area (Å²) >= 11 is 16.3. The van der Waals surface area contributed by atoms with Crippen molar-refractivity contribution in [2.75, 3.05) is 12.3 Å². The zero-order valence-corrected chi connectivity index (χ0v) is 23.1. The molecule has 0 aliphatic carbocycles. The fraction of sp³-hybridized carbons (Fsp3) is 1.00. The molecule has 170 valence electrons. The predicted molar refractivity (Wildman–Crippen MR) is 143 cm³/mol. The molecular weight excluding hydrogens is 421 g/mol. The second kappa shape index (κ2) is 16.0. The molecule has 0 rings (SSSR count). The van der Waals surface area contributed by atoms with Crippen molar-refractivity contribution in [3.63, 3.8) is 0 Å². The summed E-state index contributed by atoms with van der Waals surface area (Å²) in [5, 5.41) is 1.46. The SMILES string of the molecule is CC(C)N(CCC(S)CC(CC(S)CCCS)SN(C(C)C)C(C)C)C(C)C. The van der Waals surface area contributed by atoms with E-state index < -0.39 is 0 Å². The van der Waals surface area contributed by atoms with Crippen LogP contribution in [0, 0.1) is 0 Å². The second-order valence-electron chi connectivity index (χ2n) is 9.13. The first-order valence-corrected chi connectivity index (χ1v) is 13.7. The molecule has 0 saturated heterocycles. The first kappa shape index (κ1) is 29.3. The van der Waals surface area contributed by atoms with Crippen molar-refractivity contribution in [2.45, 2.75) is 127 Å². The topological polar surface area (TPSA) is 6.48 Å². The number of hydrogen-bond donors (Lipinski definition) is 3. The predicted octanol–water partition coefficient (Wildman–Crippen LogP) is 6.72. The Labute approximate surface area is 198 Å². The van der Waals surface area contributed by atoms with E-state index in [1.54, 1.807) is 0 Å². The first-order valence-electron chi connectivity index (χ1n) is 11.2. The Morgan fingerprint density at radius 2 is 1.18 bits per heavy atom. The molecule has 0 N–H and O–H groups in total. The molecule has 0 aliphatic rings. The Kier molecular flexibility index (Phi) is 16.8. The van der Waals surface area contributed by atoms with E-state index in [0.717, 1.165) is 44.4 Å². The van der Waals surface area contributed by atoms with Crippen molar-refractivity contribution in [3.8, 4) is 0 Å². The summed E-state index contributed by atoms with van der Waals surface area (Å²) < 4.78 is 2.55. The average Bonchev–Trinajstić information content (AvgIpc) is 2.56. The Morgan fingerprint density at radius 1 is 0.714 bits per heavy atom. The molecule has 3 atom stereocenters. The minimum Gasteiger partial charge on any atom is -0.299 e. The van der Waals surface area contributed by atoms with Gasteiger partial charge in [-0.1, -0.05) is 11.9 Å². The highest BCUT2D eigenvalue weighted by Crippen LogP contribution is 2.32. The molecule has 0 spiro atoms. The minimum atomic E-state index is 0.434. The maximum atomic E-state index is 5.00. The number of thiol groups is 3. The molecule has 28 heavy (non-hydrogen) atoms. The average molecular weight is 469 g/mol. The summed E-state index contributed by atoms with van der Waals surface area (Å²) in [6.45, 7) is 19.5. The van der Waals surface area contributed by atoms with E-state index in [0.29, 0.717) is 39.9 Å². The molecule has 0 radical (unpaired) electrons. The molecule has 0 aromatic rings. The third kappa shape index (κ3) is 12.9. The molecule has 2 nitrogen and oxygen atoms in total. The summed E-state index contributed by atoms with van der Waals surface area (Å²) in [6, 6.07) is 2.26. The van der Waals surface area contributed by atoms with Crippen LogP contribution in [0.2, 0.25) is 0 Å². The van der Waals surface area contributed by atoms with Gasteiger partial charge in [-0.25, -0.2) is 4.31 Å². The van der Waals surface area contributed by atoms with Crippen LogP contribution >= 0.6 is 49.8 Å². The largest absolute Gasteiger partial charge is 0.299 e. The summed E-state index contributed by atoms with van der Waals surface area (Å²) in [5.74, 6) is 0.953. The third-order valence-electron chi connectivity index (χ3n) is 5.10. The lowest BCUT2D eigenvalue weighted by molar-refractivity contribution is 0.172. The standard InChI is InChI=1S/C22H48N2S4/c1-16(2)23(17(3)4)12-11-21(27)15-22(14-20(26)10-9-13-25)28-24(18(5)6)19(7)8/h16-22,25-27H,9-15H2,1-8H3. The van der Waals surface area contributed by atoms with Gasteiger partial charge in [-0.05, 0) is 99.8 Å². The van der Waals surface area contributed by atoms with E-state index in [4.69, 9.17) is 25.3 Å². The van der Waals surface area contributed by atoms with Crippen molar-refractivity contribution in [3.05, 3.63) is 0 Å². The van der Waals surface area contributed by atoms with Crippen LogP contribution in [-0.4, -0.2) is 61.4 Å². The van der Waals surface area contributed by atoms with E-state index >= 15 is 0 Å². The van der Waals surface area contributed by atoms with Crippen molar-refractivity contribution in [1.29, 1.82) is 0 Å². The molecular formula is C22H48N2S4. The quantitative estimate of drug-likeness (QED) is 0.171. The van der Waals surface area contributed by atoms with E-state index in [1.807, 2.05) is 11.9 Å². The number of nitrogens with zero attached hydrogens (tertiary/aromatic N) is 2. The fourth-order valence-electron chi connectivity index (χ4n) is 3.77. The van der Waals surface area contributed by atoms with E-state index in [9.17, 15) is 0 Å². The van der Waals surface area contributed by atoms with Crippen LogP contribution in [0.15, 0.2) is 0 Å². The Balaban J connectivity index is 4.92. The van der Waals surface area contributed by atoms with Gasteiger partial charge in [0.1, 0.15) is 0 Å². The smallest absolute Gasteiger partial charge is 0.0216 e. The lowest BCUT2D eigenvalue weighted by Gasteiger charge is -2.35. The summed E-state index contributed by atoms with van der Waals surface area (Å²) in [4.78, 5) is 2.58. The van der Waals surface area contributed by atoms with Gasteiger partial charge < -0.3 is 0 Å². The highest BCUT2D eigenvalue weighted by molar-refractivity contribution is 7.97. The van der Waals surface area contributed by atoms with Crippen molar-refractivity contribution in [1.82, 2.24) is 9.21 Å². The van der Waals surface area contributed by atoms with Gasteiger partial charge >= 0.3 is 0 Å². The molecule has 0 saturated carbocycles. The summed E-state index contributed by atoms with van der Waals surface area (Å²) in [5.41, 5.74) is 0. The van der Waals surface area contributed by atoms with E-state index in [2.05, 4.69) is 77.2 Å². The molecule has 3 unspecified atom stereocenters. The maximum Gasteiger partial charge on any atom is 0.0216 e. The first-order chi connectivity index (χ1) is 13.0. The monoisotopic (exact) mass is 468 g/mol.